The topological polar surface area (TPSA) is 94.7 Å². The standard InChI is InChI=1S/C20H24N2O4S/c1-20(2,25)12-9-17(26-10-12)27-22-19(24)21-18-13-5-3-4-11(13)8-15-14(18)6-7-16(15)23/h8-10,16,23,25H,3-7H2,1-2H3,(H2,21,22,24). The first-order valence-corrected chi connectivity index (χ1v) is 10.1. The Morgan fingerprint density at radius 2 is 2.07 bits per heavy atom. The van der Waals surface area contributed by atoms with Gasteiger partial charge in [-0.3, -0.25) is 4.72 Å². The van der Waals surface area contributed by atoms with Crippen LogP contribution in [-0.4, -0.2) is 16.2 Å². The third kappa shape index (κ3) is 3.59. The number of aliphatic hydroxyl groups is 2. The summed E-state index contributed by atoms with van der Waals surface area (Å²) in [6.45, 7) is 3.36. The third-order valence-electron chi connectivity index (χ3n) is 5.33. The molecule has 2 aliphatic carbocycles. The molecular formula is C20H24N2O4S. The summed E-state index contributed by atoms with van der Waals surface area (Å²) in [5, 5.41) is 23.7. The summed E-state index contributed by atoms with van der Waals surface area (Å²) in [5.74, 6) is 0. The van der Waals surface area contributed by atoms with E-state index < -0.39 is 11.7 Å². The number of aliphatic hydroxyl groups excluding tert-OH is 1. The van der Waals surface area contributed by atoms with Gasteiger partial charge in [0.1, 0.15) is 0 Å². The molecular weight excluding hydrogens is 364 g/mol. The first-order valence-electron chi connectivity index (χ1n) is 9.23. The zero-order valence-electron chi connectivity index (χ0n) is 15.5. The Labute approximate surface area is 162 Å². The van der Waals surface area contributed by atoms with E-state index >= 15 is 0 Å². The SMILES string of the molecule is CC(C)(O)c1coc(SNC(=O)Nc2c3c(cc4c2CCC4O)CCC3)c1. The molecule has 2 aliphatic rings. The van der Waals surface area contributed by atoms with Gasteiger partial charge in [-0.2, -0.15) is 0 Å². The number of rotatable bonds is 4. The summed E-state index contributed by atoms with van der Waals surface area (Å²) in [7, 11) is 0. The number of aryl methyl sites for hydroxylation is 1. The Hall–Kier alpha value is -1.96. The van der Waals surface area contributed by atoms with Gasteiger partial charge in [0.05, 0.1) is 18.0 Å². The molecule has 1 atom stereocenters. The highest BCUT2D eigenvalue weighted by atomic mass is 32.2. The van der Waals surface area contributed by atoms with Crippen molar-refractivity contribution >= 4 is 23.7 Å². The molecule has 2 amide bonds. The number of benzene rings is 1. The molecule has 2 aromatic rings. The summed E-state index contributed by atoms with van der Waals surface area (Å²) >= 11 is 1.06. The lowest BCUT2D eigenvalue weighted by atomic mass is 9.98. The number of nitrogens with one attached hydrogen (secondary N) is 2. The van der Waals surface area contributed by atoms with Crippen LogP contribution in [0.3, 0.4) is 0 Å². The van der Waals surface area contributed by atoms with E-state index in [1.54, 1.807) is 19.9 Å². The van der Waals surface area contributed by atoms with E-state index in [0.717, 1.165) is 54.4 Å². The van der Waals surface area contributed by atoms with Crippen LogP contribution in [0.2, 0.25) is 0 Å². The molecule has 0 saturated heterocycles. The minimum atomic E-state index is -0.990. The lowest BCUT2D eigenvalue weighted by Gasteiger charge is -2.16. The van der Waals surface area contributed by atoms with Crippen LogP contribution < -0.4 is 10.0 Å². The summed E-state index contributed by atoms with van der Waals surface area (Å²) < 4.78 is 8.12. The predicted octanol–water partition coefficient (Wildman–Crippen LogP) is 3.80. The van der Waals surface area contributed by atoms with E-state index in [2.05, 4.69) is 16.1 Å². The molecule has 1 aromatic heterocycles. The maximum Gasteiger partial charge on any atom is 0.329 e. The van der Waals surface area contributed by atoms with E-state index in [9.17, 15) is 15.0 Å². The maximum absolute atomic E-state index is 12.5. The fourth-order valence-electron chi connectivity index (χ4n) is 3.89. The Morgan fingerprint density at radius 3 is 2.81 bits per heavy atom. The van der Waals surface area contributed by atoms with Crippen molar-refractivity contribution in [1.82, 2.24) is 4.72 Å². The zero-order valence-corrected chi connectivity index (χ0v) is 16.3. The highest BCUT2D eigenvalue weighted by Crippen LogP contribution is 2.42. The van der Waals surface area contributed by atoms with Crippen molar-refractivity contribution in [3.8, 4) is 0 Å². The minimum absolute atomic E-state index is 0.329. The second-order valence-electron chi connectivity index (χ2n) is 7.74. The number of fused-ring (bicyclic) bond motifs is 2. The first-order chi connectivity index (χ1) is 12.8. The van der Waals surface area contributed by atoms with E-state index in [0.29, 0.717) is 17.1 Å². The van der Waals surface area contributed by atoms with Crippen molar-refractivity contribution in [3.63, 3.8) is 0 Å². The van der Waals surface area contributed by atoms with Crippen LogP contribution in [0.25, 0.3) is 0 Å². The molecule has 27 heavy (non-hydrogen) atoms. The Balaban J connectivity index is 1.48. The molecule has 0 radical (unpaired) electrons. The number of hydrogen-bond acceptors (Lipinski definition) is 5. The molecule has 0 bridgehead atoms. The summed E-state index contributed by atoms with van der Waals surface area (Å²) in [5.41, 5.74) is 4.98. The molecule has 0 fully saturated rings. The van der Waals surface area contributed by atoms with Crippen LogP contribution in [-0.2, 0) is 24.9 Å². The molecule has 7 heteroatoms. The van der Waals surface area contributed by atoms with Crippen LogP contribution in [0.15, 0.2) is 27.9 Å². The van der Waals surface area contributed by atoms with E-state index in [1.165, 1.54) is 17.4 Å². The number of anilines is 1. The normalized spacial score (nSPS) is 18.3. The van der Waals surface area contributed by atoms with Gasteiger partial charge in [-0.25, -0.2) is 4.79 Å². The molecule has 1 aromatic carbocycles. The second kappa shape index (κ2) is 6.89. The van der Waals surface area contributed by atoms with Crippen molar-refractivity contribution in [1.29, 1.82) is 0 Å². The van der Waals surface area contributed by atoms with Crippen molar-refractivity contribution in [2.75, 3.05) is 5.32 Å². The van der Waals surface area contributed by atoms with Gasteiger partial charge < -0.3 is 19.9 Å². The molecule has 1 heterocycles. The van der Waals surface area contributed by atoms with Crippen LogP contribution >= 0.6 is 11.9 Å². The average Bonchev–Trinajstić information content (AvgIpc) is 3.32. The fraction of sp³-hybridized carbons (Fsp3) is 0.450. The lowest BCUT2D eigenvalue weighted by Crippen LogP contribution is -2.24. The largest absolute Gasteiger partial charge is 0.456 e. The Morgan fingerprint density at radius 1 is 1.26 bits per heavy atom. The van der Waals surface area contributed by atoms with Crippen molar-refractivity contribution in [2.45, 2.75) is 62.7 Å². The minimum Gasteiger partial charge on any atom is -0.456 e. The number of furan rings is 1. The molecule has 4 rings (SSSR count). The number of hydrogen-bond donors (Lipinski definition) is 4. The van der Waals surface area contributed by atoms with Crippen molar-refractivity contribution in [3.05, 3.63) is 46.2 Å². The lowest BCUT2D eigenvalue weighted by molar-refractivity contribution is 0.0779. The van der Waals surface area contributed by atoms with Gasteiger partial charge in [-0.15, -0.1) is 0 Å². The average molecular weight is 388 g/mol. The molecule has 6 nitrogen and oxygen atoms in total. The number of amides is 2. The monoisotopic (exact) mass is 388 g/mol. The second-order valence-corrected chi connectivity index (χ2v) is 8.55. The van der Waals surface area contributed by atoms with E-state index in [-0.39, 0.29) is 6.03 Å². The molecule has 4 N–H and O–H groups in total. The fourth-order valence-corrected chi connectivity index (χ4v) is 4.42. The maximum atomic E-state index is 12.5. The molecule has 0 spiro atoms. The molecule has 1 unspecified atom stereocenters. The number of urea groups is 1. The first kappa shape index (κ1) is 18.4. The number of carbonyl (C=O) groups is 1. The van der Waals surface area contributed by atoms with Gasteiger partial charge in [0.2, 0.25) is 0 Å². The van der Waals surface area contributed by atoms with Gasteiger partial charge in [-0.05, 0) is 74.3 Å². The summed E-state index contributed by atoms with van der Waals surface area (Å²) in [6.07, 6.45) is 5.55. The molecule has 0 aliphatic heterocycles. The van der Waals surface area contributed by atoms with Gasteiger partial charge in [-0.1, -0.05) is 6.07 Å². The summed E-state index contributed by atoms with van der Waals surface area (Å²) in [4.78, 5) is 12.5. The molecule has 0 saturated carbocycles. The highest BCUT2D eigenvalue weighted by molar-refractivity contribution is 7.97. The van der Waals surface area contributed by atoms with Gasteiger partial charge in [0.15, 0.2) is 5.09 Å². The smallest absolute Gasteiger partial charge is 0.329 e. The van der Waals surface area contributed by atoms with Crippen LogP contribution in [0.4, 0.5) is 10.5 Å². The van der Waals surface area contributed by atoms with Crippen LogP contribution in [0.1, 0.15) is 60.6 Å². The highest BCUT2D eigenvalue weighted by Gasteiger charge is 2.29. The van der Waals surface area contributed by atoms with Crippen molar-refractivity contribution in [2.24, 2.45) is 0 Å². The van der Waals surface area contributed by atoms with Gasteiger partial charge in [0, 0.05) is 23.2 Å². The van der Waals surface area contributed by atoms with Gasteiger partial charge in [0.25, 0.3) is 0 Å². The third-order valence-corrected chi connectivity index (χ3v) is 6.04. The Bertz CT molecular complexity index is 885. The van der Waals surface area contributed by atoms with E-state index in [1.807, 2.05) is 0 Å². The van der Waals surface area contributed by atoms with Crippen molar-refractivity contribution < 1.29 is 19.4 Å². The zero-order chi connectivity index (χ0) is 19.2. The quantitative estimate of drug-likeness (QED) is 0.598. The number of carbonyl (C=O) groups excluding carboxylic acids is 1. The summed E-state index contributed by atoms with van der Waals surface area (Å²) in [6, 6.07) is 3.50. The van der Waals surface area contributed by atoms with Gasteiger partial charge >= 0.3 is 6.03 Å². The van der Waals surface area contributed by atoms with Crippen LogP contribution in [0, 0.1) is 0 Å². The van der Waals surface area contributed by atoms with E-state index in [4.69, 9.17) is 4.42 Å². The molecule has 144 valence electrons. The predicted molar refractivity (Wildman–Crippen MR) is 104 cm³/mol. The Kier molecular flexibility index (Phi) is 4.70. The van der Waals surface area contributed by atoms with Crippen LogP contribution in [0.5, 0.6) is 0 Å².